The molecule has 0 amide bonds. The summed E-state index contributed by atoms with van der Waals surface area (Å²) in [4.78, 5) is 0. The van der Waals surface area contributed by atoms with E-state index in [9.17, 15) is 4.55 Å². The van der Waals surface area contributed by atoms with Crippen molar-refractivity contribution in [1.82, 2.24) is 0 Å². The summed E-state index contributed by atoms with van der Waals surface area (Å²) in [5, 5.41) is 0. The molecule has 1 aromatic rings. The van der Waals surface area contributed by atoms with Crippen molar-refractivity contribution in [2.24, 2.45) is 0 Å². The molecule has 0 saturated carbocycles. The van der Waals surface area contributed by atoms with Crippen molar-refractivity contribution < 1.29 is 9.29 Å². The Labute approximate surface area is 88.5 Å². The second-order valence-corrected chi connectivity index (χ2v) is 4.85. The SMILES string of the molecule is Cc1ccc(OCCC[S+](C)[O-])cc1. The largest absolute Gasteiger partial charge is 0.617 e. The van der Waals surface area contributed by atoms with Crippen molar-refractivity contribution in [2.75, 3.05) is 18.6 Å². The van der Waals surface area contributed by atoms with Crippen LogP contribution in [-0.4, -0.2) is 23.2 Å². The summed E-state index contributed by atoms with van der Waals surface area (Å²) in [6.07, 6.45) is 2.56. The summed E-state index contributed by atoms with van der Waals surface area (Å²) in [6, 6.07) is 7.96. The monoisotopic (exact) mass is 212 g/mol. The third-order valence-corrected chi connectivity index (χ3v) is 2.73. The highest BCUT2D eigenvalue weighted by Crippen LogP contribution is 2.11. The van der Waals surface area contributed by atoms with Gasteiger partial charge >= 0.3 is 0 Å². The van der Waals surface area contributed by atoms with E-state index in [1.807, 2.05) is 31.2 Å². The number of ether oxygens (including phenoxy) is 1. The third kappa shape index (κ3) is 4.53. The second kappa shape index (κ2) is 5.94. The lowest BCUT2D eigenvalue weighted by atomic mass is 10.2. The van der Waals surface area contributed by atoms with E-state index in [4.69, 9.17) is 4.74 Å². The molecule has 0 bridgehead atoms. The first kappa shape index (κ1) is 11.4. The summed E-state index contributed by atoms with van der Waals surface area (Å²) in [5.74, 6) is 1.60. The van der Waals surface area contributed by atoms with E-state index in [0.29, 0.717) is 12.4 Å². The minimum atomic E-state index is -0.707. The van der Waals surface area contributed by atoms with E-state index in [-0.39, 0.29) is 0 Å². The van der Waals surface area contributed by atoms with Gasteiger partial charge in [0.1, 0.15) is 11.5 Å². The fourth-order valence-corrected chi connectivity index (χ4v) is 1.61. The molecular weight excluding hydrogens is 196 g/mol. The van der Waals surface area contributed by atoms with Crippen LogP contribution >= 0.6 is 0 Å². The molecule has 0 spiro atoms. The fourth-order valence-electron chi connectivity index (χ4n) is 1.09. The van der Waals surface area contributed by atoms with Crippen molar-refractivity contribution in [3.8, 4) is 5.75 Å². The van der Waals surface area contributed by atoms with E-state index in [2.05, 4.69) is 0 Å². The summed E-state index contributed by atoms with van der Waals surface area (Å²) in [6.45, 7) is 2.69. The quantitative estimate of drug-likeness (QED) is 0.553. The lowest BCUT2D eigenvalue weighted by Crippen LogP contribution is -2.07. The maximum absolute atomic E-state index is 10.8. The van der Waals surface area contributed by atoms with Gasteiger partial charge < -0.3 is 9.29 Å². The normalized spacial score (nSPS) is 12.5. The van der Waals surface area contributed by atoms with Gasteiger partial charge in [-0.15, -0.1) is 0 Å². The van der Waals surface area contributed by atoms with Gasteiger partial charge in [0.2, 0.25) is 0 Å². The maximum Gasteiger partial charge on any atom is 0.119 e. The van der Waals surface area contributed by atoms with Crippen LogP contribution < -0.4 is 4.74 Å². The van der Waals surface area contributed by atoms with E-state index in [1.54, 1.807) is 6.26 Å². The number of hydrogen-bond acceptors (Lipinski definition) is 2. The Hall–Kier alpha value is -0.670. The third-order valence-electron chi connectivity index (χ3n) is 1.87. The molecule has 0 N–H and O–H groups in total. The molecule has 0 fully saturated rings. The topological polar surface area (TPSA) is 32.3 Å². The Morgan fingerprint density at radius 3 is 2.50 bits per heavy atom. The zero-order valence-electron chi connectivity index (χ0n) is 8.66. The van der Waals surface area contributed by atoms with Gasteiger partial charge in [-0.05, 0) is 19.1 Å². The Morgan fingerprint density at radius 2 is 1.93 bits per heavy atom. The minimum Gasteiger partial charge on any atom is -0.617 e. The summed E-state index contributed by atoms with van der Waals surface area (Å²) >= 11 is -0.707. The van der Waals surface area contributed by atoms with Gasteiger partial charge in [0, 0.05) is 6.42 Å². The van der Waals surface area contributed by atoms with Crippen molar-refractivity contribution in [1.29, 1.82) is 0 Å². The maximum atomic E-state index is 10.8. The van der Waals surface area contributed by atoms with Crippen LogP contribution in [0.15, 0.2) is 24.3 Å². The average molecular weight is 212 g/mol. The molecular formula is C11H16O2S. The number of hydrogen-bond donors (Lipinski definition) is 0. The standard InChI is InChI=1S/C11H16O2S/c1-10-4-6-11(7-5-10)13-8-3-9-14(2)12/h4-7H,3,8-9H2,1-2H3. The van der Waals surface area contributed by atoms with E-state index >= 15 is 0 Å². The number of benzene rings is 1. The van der Waals surface area contributed by atoms with Crippen LogP contribution in [-0.2, 0) is 11.2 Å². The minimum absolute atomic E-state index is 0.642. The van der Waals surface area contributed by atoms with Crippen molar-refractivity contribution in [3.63, 3.8) is 0 Å². The lowest BCUT2D eigenvalue weighted by molar-refractivity contribution is 0.317. The molecule has 0 aliphatic rings. The van der Waals surface area contributed by atoms with Crippen molar-refractivity contribution in [3.05, 3.63) is 29.8 Å². The summed E-state index contributed by atoms with van der Waals surface area (Å²) in [5.41, 5.74) is 1.23. The average Bonchev–Trinajstić information content (AvgIpc) is 2.15. The Bertz CT molecular complexity index is 256. The van der Waals surface area contributed by atoms with Crippen LogP contribution in [0.1, 0.15) is 12.0 Å². The molecule has 0 heterocycles. The molecule has 1 aromatic carbocycles. The van der Waals surface area contributed by atoms with E-state index < -0.39 is 11.2 Å². The Balaban J connectivity index is 2.21. The Morgan fingerprint density at radius 1 is 1.29 bits per heavy atom. The molecule has 0 radical (unpaired) electrons. The number of aryl methyl sites for hydroxylation is 1. The fraction of sp³-hybridized carbons (Fsp3) is 0.455. The van der Waals surface area contributed by atoms with Gasteiger partial charge in [0.25, 0.3) is 0 Å². The van der Waals surface area contributed by atoms with Crippen LogP contribution in [0.2, 0.25) is 0 Å². The van der Waals surface area contributed by atoms with Crippen LogP contribution in [0.5, 0.6) is 5.75 Å². The Kier molecular flexibility index (Phi) is 4.84. The molecule has 78 valence electrons. The summed E-state index contributed by atoms with van der Waals surface area (Å²) < 4.78 is 16.2. The molecule has 1 atom stereocenters. The predicted molar refractivity (Wildman–Crippen MR) is 60.2 cm³/mol. The van der Waals surface area contributed by atoms with Gasteiger partial charge in [-0.25, -0.2) is 0 Å². The zero-order chi connectivity index (χ0) is 10.4. The molecule has 2 nitrogen and oxygen atoms in total. The first-order valence-corrected chi connectivity index (χ1v) is 6.40. The molecule has 0 aliphatic carbocycles. The molecule has 0 aromatic heterocycles. The second-order valence-electron chi connectivity index (χ2n) is 3.29. The van der Waals surface area contributed by atoms with Crippen molar-refractivity contribution in [2.45, 2.75) is 13.3 Å². The van der Waals surface area contributed by atoms with Gasteiger partial charge in [0.05, 0.1) is 12.9 Å². The van der Waals surface area contributed by atoms with Crippen LogP contribution in [0.4, 0.5) is 0 Å². The van der Waals surface area contributed by atoms with Crippen LogP contribution in [0, 0.1) is 6.92 Å². The van der Waals surface area contributed by atoms with Crippen LogP contribution in [0.25, 0.3) is 0 Å². The van der Waals surface area contributed by atoms with E-state index in [0.717, 1.165) is 12.2 Å². The number of rotatable bonds is 5. The molecule has 14 heavy (non-hydrogen) atoms. The van der Waals surface area contributed by atoms with E-state index in [1.165, 1.54) is 5.56 Å². The van der Waals surface area contributed by atoms with Crippen LogP contribution in [0.3, 0.4) is 0 Å². The predicted octanol–water partition coefficient (Wildman–Crippen LogP) is 2.14. The van der Waals surface area contributed by atoms with Gasteiger partial charge in [-0.2, -0.15) is 0 Å². The van der Waals surface area contributed by atoms with Crippen molar-refractivity contribution >= 4 is 11.2 Å². The molecule has 0 aliphatic heterocycles. The van der Waals surface area contributed by atoms with Gasteiger partial charge in [-0.1, -0.05) is 28.9 Å². The molecule has 1 rings (SSSR count). The highest BCUT2D eigenvalue weighted by molar-refractivity contribution is 7.90. The highest BCUT2D eigenvalue weighted by Gasteiger charge is 1.97. The highest BCUT2D eigenvalue weighted by atomic mass is 32.2. The lowest BCUT2D eigenvalue weighted by Gasteiger charge is -2.07. The van der Waals surface area contributed by atoms with Gasteiger partial charge in [0.15, 0.2) is 0 Å². The first-order chi connectivity index (χ1) is 6.68. The molecule has 1 unspecified atom stereocenters. The first-order valence-electron chi connectivity index (χ1n) is 4.68. The zero-order valence-corrected chi connectivity index (χ0v) is 9.47. The molecule has 0 saturated heterocycles. The smallest absolute Gasteiger partial charge is 0.119 e. The van der Waals surface area contributed by atoms with Gasteiger partial charge in [-0.3, -0.25) is 0 Å². The summed E-state index contributed by atoms with van der Waals surface area (Å²) in [7, 11) is 0. The molecule has 3 heteroatoms.